The molecule has 3 aromatic carbocycles. The number of carbonyl (C=O) groups excluding carboxylic acids is 2. The molecule has 3 aromatic rings. The van der Waals surface area contributed by atoms with E-state index in [0.29, 0.717) is 22.7 Å². The Labute approximate surface area is 176 Å². The lowest BCUT2D eigenvalue weighted by atomic mass is 10.0. The van der Waals surface area contributed by atoms with Gasteiger partial charge in [0.05, 0.1) is 0 Å². The van der Waals surface area contributed by atoms with Crippen LogP contribution in [-0.2, 0) is 4.79 Å². The van der Waals surface area contributed by atoms with E-state index in [1.54, 1.807) is 24.3 Å². The summed E-state index contributed by atoms with van der Waals surface area (Å²) in [4.78, 5) is 24.5. The van der Waals surface area contributed by atoms with Crippen LogP contribution in [0.5, 0.6) is 11.5 Å². The SMILES string of the molecule is Cc1ccc(C(C)C)c(OCC(=O)Oc2ccc(C(=O)Nc3ccccc3)cc2)c1. The lowest BCUT2D eigenvalue weighted by molar-refractivity contribution is -0.136. The molecular formula is C25H25NO4. The number of hydrogen-bond acceptors (Lipinski definition) is 4. The van der Waals surface area contributed by atoms with E-state index in [9.17, 15) is 9.59 Å². The molecule has 0 saturated carbocycles. The molecule has 0 aliphatic heterocycles. The van der Waals surface area contributed by atoms with Gasteiger partial charge in [0.25, 0.3) is 5.91 Å². The minimum Gasteiger partial charge on any atom is -0.482 e. The average molecular weight is 403 g/mol. The fourth-order valence-electron chi connectivity index (χ4n) is 2.94. The molecule has 0 fully saturated rings. The summed E-state index contributed by atoms with van der Waals surface area (Å²) in [5.74, 6) is 0.588. The van der Waals surface area contributed by atoms with Gasteiger partial charge >= 0.3 is 5.97 Å². The Kier molecular flexibility index (Phi) is 6.86. The lowest BCUT2D eigenvalue weighted by Gasteiger charge is -2.14. The molecule has 1 N–H and O–H groups in total. The fraction of sp³-hybridized carbons (Fsp3) is 0.200. The number of amides is 1. The predicted octanol–water partition coefficient (Wildman–Crippen LogP) is 5.36. The van der Waals surface area contributed by atoms with Crippen molar-refractivity contribution in [3.63, 3.8) is 0 Å². The molecule has 0 aliphatic rings. The Hall–Kier alpha value is -3.60. The third-order valence-electron chi connectivity index (χ3n) is 4.52. The number of para-hydroxylation sites is 1. The molecule has 0 bridgehead atoms. The second-order valence-corrected chi connectivity index (χ2v) is 7.30. The minimum atomic E-state index is -0.507. The first-order chi connectivity index (χ1) is 14.4. The van der Waals surface area contributed by atoms with E-state index in [4.69, 9.17) is 9.47 Å². The first kappa shape index (κ1) is 21.1. The highest BCUT2D eigenvalue weighted by atomic mass is 16.6. The van der Waals surface area contributed by atoms with Gasteiger partial charge in [0.1, 0.15) is 11.5 Å². The van der Waals surface area contributed by atoms with Crippen molar-refractivity contribution < 1.29 is 19.1 Å². The largest absolute Gasteiger partial charge is 0.482 e. The van der Waals surface area contributed by atoms with Gasteiger partial charge in [0.15, 0.2) is 6.61 Å². The molecule has 0 atom stereocenters. The topological polar surface area (TPSA) is 64.6 Å². The molecule has 0 heterocycles. The summed E-state index contributed by atoms with van der Waals surface area (Å²) < 4.78 is 11.0. The molecule has 0 saturated heterocycles. The second kappa shape index (κ2) is 9.74. The van der Waals surface area contributed by atoms with Gasteiger partial charge in [-0.3, -0.25) is 4.79 Å². The van der Waals surface area contributed by atoms with Crippen molar-refractivity contribution in [2.24, 2.45) is 0 Å². The van der Waals surface area contributed by atoms with E-state index in [-0.39, 0.29) is 18.4 Å². The van der Waals surface area contributed by atoms with Crippen LogP contribution in [0.2, 0.25) is 0 Å². The van der Waals surface area contributed by atoms with Gasteiger partial charge in [-0.2, -0.15) is 0 Å². The number of carbonyl (C=O) groups is 2. The Balaban J connectivity index is 1.56. The fourth-order valence-corrected chi connectivity index (χ4v) is 2.94. The van der Waals surface area contributed by atoms with Crippen molar-refractivity contribution in [1.29, 1.82) is 0 Å². The zero-order valence-electron chi connectivity index (χ0n) is 17.3. The van der Waals surface area contributed by atoms with Crippen LogP contribution in [0.4, 0.5) is 5.69 Å². The number of esters is 1. The summed E-state index contributed by atoms with van der Waals surface area (Å²) in [5.41, 5.74) is 3.29. The van der Waals surface area contributed by atoms with E-state index < -0.39 is 5.97 Å². The maximum absolute atomic E-state index is 12.3. The zero-order valence-corrected chi connectivity index (χ0v) is 17.3. The molecule has 3 rings (SSSR count). The van der Waals surface area contributed by atoms with Crippen LogP contribution in [0, 0.1) is 6.92 Å². The van der Waals surface area contributed by atoms with E-state index in [0.717, 1.165) is 11.1 Å². The van der Waals surface area contributed by atoms with Gasteiger partial charge in [0, 0.05) is 11.3 Å². The van der Waals surface area contributed by atoms with Crippen molar-refractivity contribution >= 4 is 17.6 Å². The van der Waals surface area contributed by atoms with Crippen LogP contribution in [-0.4, -0.2) is 18.5 Å². The number of nitrogens with one attached hydrogen (secondary N) is 1. The highest BCUT2D eigenvalue weighted by Crippen LogP contribution is 2.27. The van der Waals surface area contributed by atoms with Gasteiger partial charge in [-0.05, 0) is 66.4 Å². The Morgan fingerprint density at radius 2 is 1.63 bits per heavy atom. The first-order valence-electron chi connectivity index (χ1n) is 9.83. The molecule has 154 valence electrons. The molecule has 5 heteroatoms. The Morgan fingerprint density at radius 3 is 2.30 bits per heavy atom. The predicted molar refractivity (Wildman–Crippen MR) is 117 cm³/mol. The van der Waals surface area contributed by atoms with E-state index in [1.165, 1.54) is 0 Å². The van der Waals surface area contributed by atoms with Crippen molar-refractivity contribution in [3.8, 4) is 11.5 Å². The van der Waals surface area contributed by atoms with E-state index in [1.807, 2.05) is 55.5 Å². The summed E-state index contributed by atoms with van der Waals surface area (Å²) in [6.07, 6.45) is 0. The van der Waals surface area contributed by atoms with Gasteiger partial charge < -0.3 is 14.8 Å². The molecule has 0 spiro atoms. The Morgan fingerprint density at radius 1 is 0.933 bits per heavy atom. The molecule has 0 aliphatic carbocycles. The molecule has 0 radical (unpaired) electrons. The summed E-state index contributed by atoms with van der Waals surface area (Å²) in [6, 6.07) is 21.6. The normalized spacial score (nSPS) is 10.5. The number of aryl methyl sites for hydroxylation is 1. The molecule has 0 aromatic heterocycles. The minimum absolute atomic E-state index is 0.195. The average Bonchev–Trinajstić information content (AvgIpc) is 2.73. The van der Waals surface area contributed by atoms with Crippen LogP contribution < -0.4 is 14.8 Å². The smallest absolute Gasteiger partial charge is 0.349 e. The second-order valence-electron chi connectivity index (χ2n) is 7.30. The third-order valence-corrected chi connectivity index (χ3v) is 4.52. The van der Waals surface area contributed by atoms with E-state index >= 15 is 0 Å². The summed E-state index contributed by atoms with van der Waals surface area (Å²) >= 11 is 0. The van der Waals surface area contributed by atoms with Crippen LogP contribution >= 0.6 is 0 Å². The van der Waals surface area contributed by atoms with Crippen LogP contribution in [0.15, 0.2) is 72.8 Å². The van der Waals surface area contributed by atoms with Crippen LogP contribution in [0.3, 0.4) is 0 Å². The molecule has 1 amide bonds. The number of rotatable bonds is 7. The van der Waals surface area contributed by atoms with Crippen LogP contribution in [0.1, 0.15) is 41.3 Å². The highest BCUT2D eigenvalue weighted by Gasteiger charge is 2.12. The molecule has 30 heavy (non-hydrogen) atoms. The lowest BCUT2D eigenvalue weighted by Crippen LogP contribution is -2.18. The summed E-state index contributed by atoms with van der Waals surface area (Å²) in [6.45, 7) is 5.93. The van der Waals surface area contributed by atoms with E-state index in [2.05, 4.69) is 19.2 Å². The third kappa shape index (κ3) is 5.70. The number of anilines is 1. The first-order valence-corrected chi connectivity index (χ1v) is 9.83. The number of ether oxygens (including phenoxy) is 2. The van der Waals surface area contributed by atoms with Gasteiger partial charge in [0.2, 0.25) is 0 Å². The number of benzene rings is 3. The number of hydrogen-bond donors (Lipinski definition) is 1. The quantitative estimate of drug-likeness (QED) is 0.426. The van der Waals surface area contributed by atoms with Crippen molar-refractivity contribution in [2.45, 2.75) is 26.7 Å². The van der Waals surface area contributed by atoms with Gasteiger partial charge in [-0.25, -0.2) is 4.79 Å². The molecular weight excluding hydrogens is 378 g/mol. The van der Waals surface area contributed by atoms with Crippen molar-refractivity contribution in [1.82, 2.24) is 0 Å². The van der Waals surface area contributed by atoms with Crippen molar-refractivity contribution in [2.75, 3.05) is 11.9 Å². The monoisotopic (exact) mass is 403 g/mol. The molecule has 0 unspecified atom stereocenters. The zero-order chi connectivity index (χ0) is 21.5. The highest BCUT2D eigenvalue weighted by molar-refractivity contribution is 6.04. The summed E-state index contributed by atoms with van der Waals surface area (Å²) in [5, 5.41) is 2.81. The molecule has 5 nitrogen and oxygen atoms in total. The van der Waals surface area contributed by atoms with Gasteiger partial charge in [-0.15, -0.1) is 0 Å². The Bertz CT molecular complexity index is 1010. The maximum atomic E-state index is 12.3. The van der Waals surface area contributed by atoms with Crippen LogP contribution in [0.25, 0.3) is 0 Å². The maximum Gasteiger partial charge on any atom is 0.349 e. The van der Waals surface area contributed by atoms with Gasteiger partial charge in [-0.1, -0.05) is 44.2 Å². The standard InChI is InChI=1S/C25H25NO4/c1-17(2)22-14-9-18(3)15-23(22)29-16-24(27)30-21-12-10-19(11-13-21)25(28)26-20-7-5-4-6-8-20/h4-15,17H,16H2,1-3H3,(H,26,28). The van der Waals surface area contributed by atoms with Crippen molar-refractivity contribution in [3.05, 3.63) is 89.5 Å². The summed E-state index contributed by atoms with van der Waals surface area (Å²) in [7, 11) is 0.